The third kappa shape index (κ3) is 5.56. The van der Waals surface area contributed by atoms with Gasteiger partial charge in [0.1, 0.15) is 17.0 Å². The summed E-state index contributed by atoms with van der Waals surface area (Å²) in [6.07, 6.45) is 2.38. The molecule has 1 rings (SSSR count). The zero-order valence-electron chi connectivity index (χ0n) is 17.2. The lowest BCUT2D eigenvalue weighted by Gasteiger charge is -2.21. The number of nitro benzene ring substituents is 1. The van der Waals surface area contributed by atoms with Crippen molar-refractivity contribution in [1.82, 2.24) is 10.4 Å². The minimum Gasteiger partial charge on any atom is -0.462 e. The van der Waals surface area contributed by atoms with Gasteiger partial charge in [-0.3, -0.25) is 14.9 Å². The molecule has 1 aromatic rings. The molecule has 30 heavy (non-hydrogen) atoms. The molecule has 0 bridgehead atoms. The molecule has 1 aromatic carbocycles. The zero-order chi connectivity index (χ0) is 23.0. The molecule has 1 N–H and O–H groups in total. The van der Waals surface area contributed by atoms with Gasteiger partial charge in [-0.1, -0.05) is 13.8 Å². The molecule has 166 valence electrons. The molecule has 11 heteroatoms. The number of halogens is 3. The lowest BCUT2D eigenvalue weighted by Crippen LogP contribution is -2.37. The molecule has 0 fully saturated rings. The van der Waals surface area contributed by atoms with Gasteiger partial charge in [-0.05, 0) is 26.7 Å². The van der Waals surface area contributed by atoms with E-state index in [1.807, 2.05) is 13.8 Å². The second kappa shape index (κ2) is 11.3. The molecule has 8 nitrogen and oxygen atoms in total. The van der Waals surface area contributed by atoms with Crippen LogP contribution in [-0.2, 0) is 9.53 Å². The SMILES string of the molecule is CCCN(CCC)NC=C(C(=O)OCC)C(=O)c1c(F)c(C)c(F)c(F)c1[N+](=O)[O-]. The van der Waals surface area contributed by atoms with Crippen molar-refractivity contribution in [3.05, 3.63) is 50.5 Å². The van der Waals surface area contributed by atoms with Crippen molar-refractivity contribution in [3.63, 3.8) is 0 Å². The molecule has 0 amide bonds. The lowest BCUT2D eigenvalue weighted by molar-refractivity contribution is -0.388. The van der Waals surface area contributed by atoms with Crippen LogP contribution in [0.3, 0.4) is 0 Å². The Labute approximate surface area is 171 Å². The van der Waals surface area contributed by atoms with E-state index in [0.717, 1.165) is 26.0 Å². The second-order valence-corrected chi connectivity index (χ2v) is 6.27. The Morgan fingerprint density at radius 2 is 1.67 bits per heavy atom. The molecule has 0 aromatic heterocycles. The first kappa shape index (κ1) is 25.1. The molecule has 0 heterocycles. The van der Waals surface area contributed by atoms with Crippen LogP contribution >= 0.6 is 0 Å². The van der Waals surface area contributed by atoms with Crippen LogP contribution in [0, 0.1) is 34.5 Å². The Morgan fingerprint density at radius 3 is 2.13 bits per heavy atom. The summed E-state index contributed by atoms with van der Waals surface area (Å²) in [4.78, 5) is 35.0. The van der Waals surface area contributed by atoms with E-state index in [-0.39, 0.29) is 6.61 Å². The highest BCUT2D eigenvalue weighted by molar-refractivity contribution is 6.25. The highest BCUT2D eigenvalue weighted by Gasteiger charge is 2.37. The van der Waals surface area contributed by atoms with Crippen LogP contribution in [0.4, 0.5) is 18.9 Å². The zero-order valence-corrected chi connectivity index (χ0v) is 17.2. The van der Waals surface area contributed by atoms with Crippen LogP contribution in [-0.4, -0.2) is 41.4 Å². The first-order valence-corrected chi connectivity index (χ1v) is 9.36. The molecule has 0 aliphatic rings. The highest BCUT2D eigenvalue weighted by Crippen LogP contribution is 2.32. The summed E-state index contributed by atoms with van der Waals surface area (Å²) in [6.45, 7) is 7.00. The number of hydrogen-bond acceptors (Lipinski definition) is 7. The number of ketones is 1. The van der Waals surface area contributed by atoms with E-state index in [0.29, 0.717) is 13.1 Å². The monoisotopic (exact) mass is 431 g/mol. The van der Waals surface area contributed by atoms with Gasteiger partial charge in [0.05, 0.1) is 11.5 Å². The predicted molar refractivity (Wildman–Crippen MR) is 102 cm³/mol. The third-order valence-electron chi connectivity index (χ3n) is 4.04. The average molecular weight is 431 g/mol. The van der Waals surface area contributed by atoms with Crippen molar-refractivity contribution in [2.24, 2.45) is 0 Å². The van der Waals surface area contributed by atoms with Crippen molar-refractivity contribution in [1.29, 1.82) is 0 Å². The van der Waals surface area contributed by atoms with Crippen molar-refractivity contribution < 1.29 is 32.4 Å². The van der Waals surface area contributed by atoms with Gasteiger partial charge in [0.2, 0.25) is 11.6 Å². The Balaban J connectivity index is 3.60. The fourth-order valence-corrected chi connectivity index (χ4v) is 2.64. The summed E-state index contributed by atoms with van der Waals surface area (Å²) in [5, 5.41) is 12.9. The largest absolute Gasteiger partial charge is 0.462 e. The van der Waals surface area contributed by atoms with E-state index in [1.165, 1.54) is 6.92 Å². The first-order chi connectivity index (χ1) is 14.1. The van der Waals surface area contributed by atoms with Gasteiger partial charge in [0.15, 0.2) is 5.82 Å². The minimum absolute atomic E-state index is 0.140. The van der Waals surface area contributed by atoms with Crippen LogP contribution in [0.1, 0.15) is 49.5 Å². The van der Waals surface area contributed by atoms with Crippen LogP contribution < -0.4 is 5.43 Å². The summed E-state index contributed by atoms with van der Waals surface area (Å²) < 4.78 is 47.3. The van der Waals surface area contributed by atoms with E-state index < -0.39 is 56.5 Å². The van der Waals surface area contributed by atoms with Crippen LogP contribution in [0.2, 0.25) is 0 Å². The smallest absolute Gasteiger partial charge is 0.343 e. The highest BCUT2D eigenvalue weighted by atomic mass is 19.2. The molecular formula is C19H24F3N3O5. The first-order valence-electron chi connectivity index (χ1n) is 9.36. The number of hydrogen-bond donors (Lipinski definition) is 1. The van der Waals surface area contributed by atoms with Crippen molar-refractivity contribution in [2.45, 2.75) is 40.5 Å². The second-order valence-electron chi connectivity index (χ2n) is 6.27. The molecule has 0 saturated carbocycles. The van der Waals surface area contributed by atoms with Gasteiger partial charge in [0, 0.05) is 24.9 Å². The fourth-order valence-electron chi connectivity index (χ4n) is 2.64. The normalized spacial score (nSPS) is 11.5. The number of benzene rings is 1. The minimum atomic E-state index is -1.99. The molecule has 0 aliphatic heterocycles. The molecule has 0 aliphatic carbocycles. The summed E-state index contributed by atoms with van der Waals surface area (Å²) in [7, 11) is 0. The Bertz CT molecular complexity index is 853. The van der Waals surface area contributed by atoms with Gasteiger partial charge >= 0.3 is 11.7 Å². The summed E-state index contributed by atoms with van der Waals surface area (Å²) in [5.74, 6) is -8.09. The Hall–Kier alpha value is -2.95. The topological polar surface area (TPSA) is 102 Å². The van der Waals surface area contributed by atoms with Gasteiger partial charge in [0.25, 0.3) is 0 Å². The molecule has 0 saturated heterocycles. The number of rotatable bonds is 11. The maximum Gasteiger partial charge on any atom is 0.343 e. The van der Waals surface area contributed by atoms with Crippen LogP contribution in [0.5, 0.6) is 0 Å². The van der Waals surface area contributed by atoms with Gasteiger partial charge in [-0.2, -0.15) is 4.39 Å². The number of hydrazine groups is 1. The van der Waals surface area contributed by atoms with Crippen molar-refractivity contribution in [3.8, 4) is 0 Å². The van der Waals surface area contributed by atoms with E-state index in [2.05, 4.69) is 5.43 Å². The number of esters is 1. The number of carbonyl (C=O) groups is 2. The quantitative estimate of drug-likeness (QED) is 0.0835. The fraction of sp³-hybridized carbons (Fsp3) is 0.474. The van der Waals surface area contributed by atoms with Gasteiger partial charge in [-0.25, -0.2) is 18.6 Å². The molecule has 0 atom stereocenters. The van der Waals surface area contributed by atoms with E-state index in [1.54, 1.807) is 5.01 Å². The number of Topliss-reactive ketones (excluding diaryl/α,β-unsaturated/α-hetero) is 1. The molecular weight excluding hydrogens is 407 g/mol. The Morgan fingerprint density at radius 1 is 1.10 bits per heavy atom. The Kier molecular flexibility index (Phi) is 9.44. The maximum atomic E-state index is 14.6. The summed E-state index contributed by atoms with van der Waals surface area (Å²) in [5.41, 5.74) is -2.04. The average Bonchev–Trinajstić information content (AvgIpc) is 2.69. The standard InChI is InChI=1S/C19H24F3N3O5/c1-5-8-24(9-6-2)23-10-12(19(27)30-7-3)18(26)13-14(20)11(4)15(21)16(22)17(13)25(28)29/h10,23H,5-9H2,1-4H3. The van der Waals surface area contributed by atoms with Gasteiger partial charge in [-0.15, -0.1) is 0 Å². The number of nitrogens with one attached hydrogen (secondary N) is 1. The maximum absolute atomic E-state index is 14.6. The van der Waals surface area contributed by atoms with E-state index in [4.69, 9.17) is 4.74 Å². The van der Waals surface area contributed by atoms with Crippen molar-refractivity contribution >= 4 is 17.4 Å². The predicted octanol–water partition coefficient (Wildman–Crippen LogP) is 3.58. The van der Waals surface area contributed by atoms with Crippen LogP contribution in [0.15, 0.2) is 11.8 Å². The van der Waals surface area contributed by atoms with E-state index >= 15 is 0 Å². The van der Waals surface area contributed by atoms with E-state index in [9.17, 15) is 32.9 Å². The number of carbonyl (C=O) groups excluding carboxylic acids is 2. The lowest BCUT2D eigenvalue weighted by atomic mass is 9.98. The van der Waals surface area contributed by atoms with Crippen molar-refractivity contribution in [2.75, 3.05) is 19.7 Å². The molecule has 0 unspecified atom stereocenters. The number of nitrogens with zero attached hydrogens (tertiary/aromatic N) is 2. The van der Waals surface area contributed by atoms with Gasteiger partial charge < -0.3 is 10.2 Å². The third-order valence-corrected chi connectivity index (χ3v) is 4.04. The summed E-state index contributed by atoms with van der Waals surface area (Å²) in [6, 6.07) is 0. The van der Waals surface area contributed by atoms with Crippen LogP contribution in [0.25, 0.3) is 0 Å². The number of nitro groups is 1. The number of ether oxygens (including phenoxy) is 1. The molecule has 0 spiro atoms. The summed E-state index contributed by atoms with van der Waals surface area (Å²) >= 11 is 0. The molecule has 0 radical (unpaired) electrons.